The van der Waals surface area contributed by atoms with Crippen molar-refractivity contribution in [1.82, 2.24) is 4.90 Å². The quantitative estimate of drug-likeness (QED) is 0.659. The molecule has 0 aliphatic carbocycles. The van der Waals surface area contributed by atoms with Gasteiger partial charge in [0.05, 0.1) is 11.6 Å². The lowest BCUT2D eigenvalue weighted by Gasteiger charge is -2.27. The van der Waals surface area contributed by atoms with Crippen LogP contribution in [0.5, 0.6) is 0 Å². The lowest BCUT2D eigenvalue weighted by molar-refractivity contribution is -0.122. The van der Waals surface area contributed by atoms with Gasteiger partial charge in [-0.1, -0.05) is 19.1 Å². The SMILES string of the molecule is CCCNc1cccc(C=O)c1C(=O)N(C)C(CCC(C)=O)C(C)=O. The fraction of sp³-hybridized carbons (Fsp3) is 0.474. The number of Topliss-reactive ketones (excluding diaryl/α,β-unsaturated/α-hetero) is 2. The average Bonchev–Trinajstić information content (AvgIpc) is 2.58. The predicted molar refractivity (Wildman–Crippen MR) is 97.1 cm³/mol. The van der Waals surface area contributed by atoms with Crippen molar-refractivity contribution in [3.63, 3.8) is 0 Å². The van der Waals surface area contributed by atoms with Crippen molar-refractivity contribution in [3.05, 3.63) is 29.3 Å². The van der Waals surface area contributed by atoms with E-state index < -0.39 is 11.9 Å². The number of rotatable bonds is 10. The van der Waals surface area contributed by atoms with Crippen molar-refractivity contribution >= 4 is 29.4 Å². The van der Waals surface area contributed by atoms with Gasteiger partial charge in [0.15, 0.2) is 12.1 Å². The Morgan fingerprint density at radius 3 is 2.44 bits per heavy atom. The Bertz CT molecular complexity index is 655. The number of nitrogens with one attached hydrogen (secondary N) is 1. The standard InChI is InChI=1S/C19H26N2O4/c1-5-11-20-16-8-6-7-15(12-22)18(16)19(25)21(4)17(14(3)24)10-9-13(2)23/h6-8,12,17,20H,5,9-11H2,1-4H3. The maximum absolute atomic E-state index is 13.0. The van der Waals surface area contributed by atoms with Gasteiger partial charge in [0.2, 0.25) is 0 Å². The van der Waals surface area contributed by atoms with Crippen molar-refractivity contribution < 1.29 is 19.2 Å². The Morgan fingerprint density at radius 2 is 1.92 bits per heavy atom. The molecule has 1 aromatic carbocycles. The normalized spacial score (nSPS) is 11.5. The summed E-state index contributed by atoms with van der Waals surface area (Å²) in [7, 11) is 1.53. The van der Waals surface area contributed by atoms with Gasteiger partial charge in [-0.2, -0.15) is 0 Å². The second-order valence-electron chi connectivity index (χ2n) is 6.10. The fourth-order valence-electron chi connectivity index (χ4n) is 2.64. The summed E-state index contributed by atoms with van der Waals surface area (Å²) in [6.45, 7) is 5.51. The van der Waals surface area contributed by atoms with Gasteiger partial charge >= 0.3 is 0 Å². The fourth-order valence-corrected chi connectivity index (χ4v) is 2.64. The Morgan fingerprint density at radius 1 is 1.24 bits per heavy atom. The molecule has 1 amide bonds. The maximum Gasteiger partial charge on any atom is 0.257 e. The van der Waals surface area contributed by atoms with E-state index in [1.807, 2.05) is 6.92 Å². The highest BCUT2D eigenvalue weighted by Gasteiger charge is 2.28. The van der Waals surface area contributed by atoms with Crippen LogP contribution in [0.1, 0.15) is 60.7 Å². The minimum atomic E-state index is -0.699. The van der Waals surface area contributed by atoms with E-state index in [-0.39, 0.29) is 35.5 Å². The number of carbonyl (C=O) groups is 4. The third-order valence-electron chi connectivity index (χ3n) is 4.03. The Labute approximate surface area is 148 Å². The highest BCUT2D eigenvalue weighted by atomic mass is 16.2. The monoisotopic (exact) mass is 346 g/mol. The molecule has 0 bridgehead atoms. The number of nitrogens with zero attached hydrogens (tertiary/aromatic N) is 1. The molecule has 0 aliphatic heterocycles. The van der Waals surface area contributed by atoms with Gasteiger partial charge in [0.25, 0.3) is 5.91 Å². The average molecular weight is 346 g/mol. The van der Waals surface area contributed by atoms with Crippen LogP contribution >= 0.6 is 0 Å². The zero-order chi connectivity index (χ0) is 19.0. The lowest BCUT2D eigenvalue weighted by atomic mass is 10.0. The van der Waals surface area contributed by atoms with E-state index in [0.717, 1.165) is 6.42 Å². The van der Waals surface area contributed by atoms with Crippen LogP contribution in [0.15, 0.2) is 18.2 Å². The van der Waals surface area contributed by atoms with Gasteiger partial charge in [-0.05, 0) is 32.8 Å². The summed E-state index contributed by atoms with van der Waals surface area (Å²) in [5, 5.41) is 3.15. The number of carbonyl (C=O) groups excluding carboxylic acids is 4. The molecule has 25 heavy (non-hydrogen) atoms. The minimum Gasteiger partial charge on any atom is -0.384 e. The molecule has 0 fully saturated rings. The molecule has 0 spiro atoms. The summed E-state index contributed by atoms with van der Waals surface area (Å²) in [5.74, 6) is -0.639. The van der Waals surface area contributed by atoms with Gasteiger partial charge in [-0.15, -0.1) is 0 Å². The van der Waals surface area contributed by atoms with Crippen molar-refractivity contribution in [2.75, 3.05) is 18.9 Å². The van der Waals surface area contributed by atoms with Crippen LogP contribution in [0.3, 0.4) is 0 Å². The predicted octanol–water partition coefficient (Wildman–Crippen LogP) is 2.72. The highest BCUT2D eigenvalue weighted by molar-refractivity contribution is 6.07. The van der Waals surface area contributed by atoms with Crippen LogP contribution in [-0.2, 0) is 9.59 Å². The van der Waals surface area contributed by atoms with Gasteiger partial charge < -0.3 is 15.0 Å². The number of amides is 1. The Kier molecular flexibility index (Phi) is 7.98. The molecule has 0 saturated heterocycles. The van der Waals surface area contributed by atoms with E-state index in [4.69, 9.17) is 0 Å². The van der Waals surface area contributed by atoms with Crippen molar-refractivity contribution in [2.45, 2.75) is 46.1 Å². The molecular weight excluding hydrogens is 320 g/mol. The molecule has 6 nitrogen and oxygen atoms in total. The Balaban J connectivity index is 3.20. The van der Waals surface area contributed by atoms with Crippen LogP contribution in [-0.4, -0.2) is 48.3 Å². The summed E-state index contributed by atoms with van der Waals surface area (Å²) in [5.41, 5.74) is 1.09. The van der Waals surface area contributed by atoms with E-state index in [1.165, 1.54) is 25.8 Å². The van der Waals surface area contributed by atoms with Gasteiger partial charge in [-0.3, -0.25) is 14.4 Å². The summed E-state index contributed by atoms with van der Waals surface area (Å²) in [6, 6.07) is 4.32. The molecule has 1 unspecified atom stereocenters. The highest BCUT2D eigenvalue weighted by Crippen LogP contribution is 2.23. The van der Waals surface area contributed by atoms with E-state index in [9.17, 15) is 19.2 Å². The number of hydrogen-bond acceptors (Lipinski definition) is 5. The van der Waals surface area contributed by atoms with E-state index in [1.54, 1.807) is 18.2 Å². The first-order chi connectivity index (χ1) is 11.8. The molecule has 1 N–H and O–H groups in total. The van der Waals surface area contributed by atoms with Gasteiger partial charge in [0, 0.05) is 31.3 Å². The van der Waals surface area contributed by atoms with Gasteiger partial charge in [-0.25, -0.2) is 0 Å². The zero-order valence-electron chi connectivity index (χ0n) is 15.3. The largest absolute Gasteiger partial charge is 0.384 e. The first-order valence-electron chi connectivity index (χ1n) is 8.42. The lowest BCUT2D eigenvalue weighted by Crippen LogP contribution is -2.42. The van der Waals surface area contributed by atoms with E-state index >= 15 is 0 Å². The van der Waals surface area contributed by atoms with E-state index in [0.29, 0.717) is 18.5 Å². The Hall–Kier alpha value is -2.50. The summed E-state index contributed by atoms with van der Waals surface area (Å²) >= 11 is 0. The smallest absolute Gasteiger partial charge is 0.257 e. The number of anilines is 1. The van der Waals surface area contributed by atoms with Crippen LogP contribution in [0, 0.1) is 0 Å². The van der Waals surface area contributed by atoms with Crippen molar-refractivity contribution in [1.29, 1.82) is 0 Å². The number of hydrogen-bond donors (Lipinski definition) is 1. The van der Waals surface area contributed by atoms with Gasteiger partial charge in [0.1, 0.15) is 5.78 Å². The molecule has 1 aromatic rings. The second-order valence-corrected chi connectivity index (χ2v) is 6.10. The molecule has 0 heterocycles. The van der Waals surface area contributed by atoms with Crippen molar-refractivity contribution in [2.24, 2.45) is 0 Å². The van der Waals surface area contributed by atoms with Crippen LogP contribution in [0.2, 0.25) is 0 Å². The third-order valence-corrected chi connectivity index (χ3v) is 4.03. The molecule has 1 rings (SSSR count). The first-order valence-corrected chi connectivity index (χ1v) is 8.42. The van der Waals surface area contributed by atoms with Crippen LogP contribution in [0.4, 0.5) is 5.69 Å². The summed E-state index contributed by atoms with van der Waals surface area (Å²) < 4.78 is 0. The number of likely N-dealkylation sites (N-methyl/N-ethyl adjacent to an activating group) is 1. The topological polar surface area (TPSA) is 83.6 Å². The third kappa shape index (κ3) is 5.52. The van der Waals surface area contributed by atoms with Crippen molar-refractivity contribution in [3.8, 4) is 0 Å². The minimum absolute atomic E-state index is 0.0364. The maximum atomic E-state index is 13.0. The molecule has 0 saturated carbocycles. The number of ketones is 2. The van der Waals surface area contributed by atoms with Crippen LogP contribution < -0.4 is 5.32 Å². The molecule has 6 heteroatoms. The zero-order valence-corrected chi connectivity index (χ0v) is 15.3. The number of benzene rings is 1. The van der Waals surface area contributed by atoms with Crippen LogP contribution in [0.25, 0.3) is 0 Å². The summed E-state index contributed by atoms with van der Waals surface area (Å²) in [4.78, 5) is 48.9. The summed E-state index contributed by atoms with van der Waals surface area (Å²) in [6.07, 6.45) is 1.99. The second kappa shape index (κ2) is 9.71. The first kappa shape index (κ1) is 20.5. The van der Waals surface area contributed by atoms with E-state index in [2.05, 4.69) is 5.32 Å². The molecule has 0 aliphatic rings. The molecule has 0 aromatic heterocycles. The molecule has 0 radical (unpaired) electrons. The number of aldehydes is 1. The molecular formula is C19H26N2O4. The molecule has 1 atom stereocenters. The molecule has 136 valence electrons.